The number of hydrogen-bond donors (Lipinski definition) is 3. The molecule has 7 nitrogen and oxygen atoms in total. The Bertz CT molecular complexity index is 710. The van der Waals surface area contributed by atoms with Gasteiger partial charge < -0.3 is 20.7 Å². The maximum Gasteiger partial charge on any atom is 0.255 e. The fraction of sp³-hybridized carbons (Fsp3) is 0.579. The van der Waals surface area contributed by atoms with E-state index >= 15 is 0 Å². The molecular formula is C19H28ClN5O2. The van der Waals surface area contributed by atoms with Crippen LogP contribution in [-0.2, 0) is 0 Å². The van der Waals surface area contributed by atoms with E-state index < -0.39 is 0 Å². The van der Waals surface area contributed by atoms with Gasteiger partial charge in [-0.25, -0.2) is 0 Å². The Labute approximate surface area is 165 Å². The minimum absolute atomic E-state index is 0.167. The number of anilines is 1. The number of nitrogens with one attached hydrogen (secondary N) is 3. The number of guanidine groups is 1. The van der Waals surface area contributed by atoms with Gasteiger partial charge in [0.25, 0.3) is 5.91 Å². The molecule has 148 valence electrons. The van der Waals surface area contributed by atoms with Crippen LogP contribution in [0.15, 0.2) is 17.1 Å². The molecule has 0 aliphatic carbocycles. The van der Waals surface area contributed by atoms with Crippen LogP contribution < -0.4 is 20.7 Å². The molecule has 1 aromatic rings. The lowest BCUT2D eigenvalue weighted by Crippen LogP contribution is -2.40. The van der Waals surface area contributed by atoms with Crippen molar-refractivity contribution >= 4 is 29.2 Å². The number of methoxy groups -OCH3 is 1. The minimum Gasteiger partial charge on any atom is -0.496 e. The average molecular weight is 394 g/mol. The van der Waals surface area contributed by atoms with Gasteiger partial charge in [0.1, 0.15) is 5.75 Å². The van der Waals surface area contributed by atoms with Crippen molar-refractivity contribution in [3.63, 3.8) is 0 Å². The molecule has 0 radical (unpaired) electrons. The Morgan fingerprint density at radius 3 is 3.04 bits per heavy atom. The Balaban J connectivity index is 1.67. The van der Waals surface area contributed by atoms with Crippen molar-refractivity contribution in [2.45, 2.75) is 32.2 Å². The van der Waals surface area contributed by atoms with Gasteiger partial charge in [-0.3, -0.25) is 14.7 Å². The molecule has 3 rings (SSSR count). The molecule has 1 aromatic carbocycles. The molecule has 1 saturated heterocycles. The Morgan fingerprint density at radius 1 is 1.48 bits per heavy atom. The molecule has 27 heavy (non-hydrogen) atoms. The van der Waals surface area contributed by atoms with Gasteiger partial charge in [0.15, 0.2) is 5.96 Å². The normalized spacial score (nSPS) is 19.5. The molecule has 1 fully saturated rings. The summed E-state index contributed by atoms with van der Waals surface area (Å²) in [7, 11) is 1.55. The fourth-order valence-electron chi connectivity index (χ4n) is 3.62. The number of likely N-dealkylation sites (tertiary alicyclic amines) is 1. The highest BCUT2D eigenvalue weighted by Crippen LogP contribution is 2.31. The van der Waals surface area contributed by atoms with E-state index in [-0.39, 0.29) is 5.91 Å². The highest BCUT2D eigenvalue weighted by atomic mass is 35.5. The first kappa shape index (κ1) is 19.8. The average Bonchev–Trinajstić information content (AvgIpc) is 3.33. The van der Waals surface area contributed by atoms with E-state index in [0.29, 0.717) is 40.6 Å². The second-order valence-electron chi connectivity index (χ2n) is 6.86. The molecule has 2 aliphatic heterocycles. The molecule has 0 bridgehead atoms. The van der Waals surface area contributed by atoms with Gasteiger partial charge in [0, 0.05) is 25.2 Å². The summed E-state index contributed by atoms with van der Waals surface area (Å²) >= 11 is 6.38. The van der Waals surface area contributed by atoms with Gasteiger partial charge in [-0.15, -0.1) is 0 Å². The molecule has 1 atom stereocenters. The lowest BCUT2D eigenvalue weighted by Gasteiger charge is -2.24. The van der Waals surface area contributed by atoms with Gasteiger partial charge >= 0.3 is 0 Å². The minimum atomic E-state index is -0.167. The molecule has 0 spiro atoms. The summed E-state index contributed by atoms with van der Waals surface area (Å²) in [6, 6.07) is 3.79. The quantitative estimate of drug-likeness (QED) is 0.662. The SMILES string of the molecule is CCCN1CCCC1CNC(=O)c1cc(Cl)c(NC2=NCCN2)cc1OC. The summed E-state index contributed by atoms with van der Waals surface area (Å²) in [5, 5.41) is 9.76. The number of halogens is 1. The van der Waals surface area contributed by atoms with E-state index in [1.54, 1.807) is 19.2 Å². The van der Waals surface area contributed by atoms with Gasteiger partial charge in [-0.2, -0.15) is 0 Å². The molecule has 3 N–H and O–H groups in total. The maximum atomic E-state index is 12.7. The van der Waals surface area contributed by atoms with E-state index in [4.69, 9.17) is 16.3 Å². The number of benzene rings is 1. The van der Waals surface area contributed by atoms with Gasteiger partial charge in [-0.1, -0.05) is 18.5 Å². The van der Waals surface area contributed by atoms with Crippen molar-refractivity contribution < 1.29 is 9.53 Å². The molecule has 1 unspecified atom stereocenters. The van der Waals surface area contributed by atoms with Crippen LogP contribution in [0.2, 0.25) is 5.02 Å². The molecule has 8 heteroatoms. The highest BCUT2D eigenvalue weighted by Gasteiger charge is 2.25. The molecule has 1 amide bonds. The number of nitrogens with zero attached hydrogens (tertiary/aromatic N) is 2. The second-order valence-corrected chi connectivity index (χ2v) is 7.26. The molecular weight excluding hydrogens is 366 g/mol. The fourth-order valence-corrected chi connectivity index (χ4v) is 3.83. The van der Waals surface area contributed by atoms with E-state index in [1.807, 2.05) is 0 Å². The second kappa shape index (κ2) is 9.28. The third kappa shape index (κ3) is 4.84. The van der Waals surface area contributed by atoms with Crippen LogP contribution in [0.4, 0.5) is 5.69 Å². The van der Waals surface area contributed by atoms with Crippen LogP contribution in [0.1, 0.15) is 36.5 Å². The summed E-state index contributed by atoms with van der Waals surface area (Å²) in [5.74, 6) is 0.989. The standard InChI is InChI=1S/C19H28ClN5O2/c1-3-8-25-9-4-5-13(25)12-23-18(26)14-10-15(20)16(11-17(14)27-2)24-19-21-6-7-22-19/h10-11,13H,3-9,12H2,1-2H3,(H,23,26)(H2,21,22,24). The first-order chi connectivity index (χ1) is 13.1. The number of carbonyl (C=O) groups excluding carboxylic acids is 1. The van der Waals surface area contributed by atoms with Crippen LogP contribution in [0.25, 0.3) is 0 Å². The summed E-state index contributed by atoms with van der Waals surface area (Å²) in [5.41, 5.74) is 1.09. The Morgan fingerprint density at radius 2 is 2.33 bits per heavy atom. The van der Waals surface area contributed by atoms with Crippen LogP contribution in [0.5, 0.6) is 5.75 Å². The zero-order chi connectivity index (χ0) is 19.2. The van der Waals surface area contributed by atoms with E-state index in [2.05, 4.69) is 32.8 Å². The number of ether oxygens (including phenoxy) is 1. The summed E-state index contributed by atoms with van der Waals surface area (Å²) in [6.45, 7) is 6.54. The van der Waals surface area contributed by atoms with E-state index in [9.17, 15) is 4.79 Å². The summed E-state index contributed by atoms with van der Waals surface area (Å²) in [4.78, 5) is 19.5. The molecule has 0 saturated carbocycles. The summed E-state index contributed by atoms with van der Waals surface area (Å²) in [6.07, 6.45) is 3.44. The van der Waals surface area contributed by atoms with Crippen LogP contribution in [0.3, 0.4) is 0 Å². The molecule has 2 heterocycles. The van der Waals surface area contributed by atoms with Crippen molar-refractivity contribution in [2.24, 2.45) is 4.99 Å². The first-order valence-electron chi connectivity index (χ1n) is 9.57. The largest absolute Gasteiger partial charge is 0.496 e. The predicted molar refractivity (Wildman–Crippen MR) is 109 cm³/mol. The van der Waals surface area contributed by atoms with Crippen molar-refractivity contribution in [2.75, 3.05) is 45.2 Å². The molecule has 0 aromatic heterocycles. The number of carbonyl (C=O) groups is 1. The highest BCUT2D eigenvalue weighted by molar-refractivity contribution is 6.34. The van der Waals surface area contributed by atoms with E-state index in [1.165, 1.54) is 6.42 Å². The lowest BCUT2D eigenvalue weighted by atomic mass is 10.1. The maximum absolute atomic E-state index is 12.7. The van der Waals surface area contributed by atoms with Crippen molar-refractivity contribution in [1.29, 1.82) is 0 Å². The van der Waals surface area contributed by atoms with Crippen molar-refractivity contribution in [1.82, 2.24) is 15.5 Å². The number of rotatable bonds is 7. The zero-order valence-corrected chi connectivity index (χ0v) is 16.7. The smallest absolute Gasteiger partial charge is 0.255 e. The van der Waals surface area contributed by atoms with Gasteiger partial charge in [-0.05, 0) is 38.4 Å². The Hall–Kier alpha value is -1.99. The third-order valence-electron chi connectivity index (χ3n) is 4.97. The monoisotopic (exact) mass is 393 g/mol. The van der Waals surface area contributed by atoms with Crippen molar-refractivity contribution in [3.8, 4) is 5.75 Å². The Kier molecular flexibility index (Phi) is 6.79. The topological polar surface area (TPSA) is 78.0 Å². The van der Waals surface area contributed by atoms with Crippen LogP contribution >= 0.6 is 11.6 Å². The third-order valence-corrected chi connectivity index (χ3v) is 5.28. The predicted octanol–water partition coefficient (Wildman–Crippen LogP) is 2.32. The van der Waals surface area contributed by atoms with Crippen LogP contribution in [0, 0.1) is 0 Å². The van der Waals surface area contributed by atoms with Crippen LogP contribution in [-0.4, -0.2) is 62.6 Å². The van der Waals surface area contributed by atoms with Gasteiger partial charge in [0.2, 0.25) is 0 Å². The lowest BCUT2D eigenvalue weighted by molar-refractivity contribution is 0.0937. The first-order valence-corrected chi connectivity index (χ1v) is 9.95. The number of amides is 1. The zero-order valence-electron chi connectivity index (χ0n) is 16.0. The number of hydrogen-bond acceptors (Lipinski definition) is 6. The number of aliphatic imine (C=N–C) groups is 1. The van der Waals surface area contributed by atoms with Crippen molar-refractivity contribution in [3.05, 3.63) is 22.7 Å². The van der Waals surface area contributed by atoms with E-state index in [0.717, 1.165) is 39.0 Å². The van der Waals surface area contributed by atoms with Gasteiger partial charge in [0.05, 0.1) is 29.9 Å². The molecule has 2 aliphatic rings. The summed E-state index contributed by atoms with van der Waals surface area (Å²) < 4.78 is 5.43.